The highest BCUT2D eigenvalue weighted by Gasteiger charge is 2.41. The Labute approximate surface area is 60.4 Å². The van der Waals surface area contributed by atoms with Crippen LogP contribution in [0.2, 0.25) is 0 Å². The van der Waals surface area contributed by atoms with Crippen LogP contribution in [0.4, 0.5) is 0 Å². The van der Waals surface area contributed by atoms with Crippen LogP contribution in [0, 0.1) is 5.92 Å². The third-order valence-corrected chi connectivity index (χ3v) is 2.35. The van der Waals surface area contributed by atoms with E-state index in [1.165, 1.54) is 6.42 Å². The van der Waals surface area contributed by atoms with Crippen LogP contribution in [0.25, 0.3) is 0 Å². The predicted octanol–water partition coefficient (Wildman–Crippen LogP) is -0.216. The summed E-state index contributed by atoms with van der Waals surface area (Å²) in [5, 5.41) is 3.04. The molecule has 1 amide bonds. The first-order chi connectivity index (χ1) is 4.79. The van der Waals surface area contributed by atoms with E-state index in [1.807, 2.05) is 4.90 Å². The van der Waals surface area contributed by atoms with Gasteiger partial charge in [0.1, 0.15) is 0 Å². The van der Waals surface area contributed by atoms with Gasteiger partial charge in [0.2, 0.25) is 5.91 Å². The molecule has 0 aromatic rings. The van der Waals surface area contributed by atoms with Gasteiger partial charge < -0.3 is 4.90 Å². The molecule has 2 atom stereocenters. The first-order valence-electron chi connectivity index (χ1n) is 3.79. The van der Waals surface area contributed by atoms with Gasteiger partial charge in [-0.15, -0.1) is 0 Å². The van der Waals surface area contributed by atoms with Gasteiger partial charge in [-0.3, -0.25) is 10.1 Å². The first-order valence-corrected chi connectivity index (χ1v) is 3.79. The molecule has 56 valence electrons. The Hall–Kier alpha value is -0.570. The highest BCUT2D eigenvalue weighted by atomic mass is 16.2. The van der Waals surface area contributed by atoms with E-state index >= 15 is 0 Å². The summed E-state index contributed by atoms with van der Waals surface area (Å²) >= 11 is 0. The molecule has 0 aromatic carbocycles. The summed E-state index contributed by atoms with van der Waals surface area (Å²) in [4.78, 5) is 13.0. The van der Waals surface area contributed by atoms with Gasteiger partial charge in [-0.25, -0.2) is 0 Å². The van der Waals surface area contributed by atoms with Crippen molar-refractivity contribution in [3.8, 4) is 0 Å². The van der Waals surface area contributed by atoms with E-state index in [1.54, 1.807) is 0 Å². The minimum Gasteiger partial charge on any atom is -0.326 e. The van der Waals surface area contributed by atoms with Gasteiger partial charge in [0.25, 0.3) is 0 Å². The molecule has 0 aromatic heterocycles. The molecule has 1 aliphatic carbocycles. The van der Waals surface area contributed by atoms with Crippen LogP contribution in [0.5, 0.6) is 0 Å². The molecule has 2 fully saturated rings. The van der Waals surface area contributed by atoms with Gasteiger partial charge in [-0.05, 0) is 12.3 Å². The van der Waals surface area contributed by atoms with Crippen molar-refractivity contribution >= 4 is 5.91 Å². The molecular weight excluding hydrogens is 128 g/mol. The van der Waals surface area contributed by atoms with Crippen LogP contribution < -0.4 is 5.32 Å². The maximum atomic E-state index is 11.1. The Bertz CT molecular complexity index is 169. The zero-order valence-electron chi connectivity index (χ0n) is 6.13. The molecule has 3 nitrogen and oxygen atoms in total. The fraction of sp³-hybridized carbons (Fsp3) is 0.857. The third-order valence-electron chi connectivity index (χ3n) is 2.35. The van der Waals surface area contributed by atoms with Crippen LogP contribution >= 0.6 is 0 Å². The largest absolute Gasteiger partial charge is 0.326 e. The maximum Gasteiger partial charge on any atom is 0.237 e. The van der Waals surface area contributed by atoms with Crippen LogP contribution in [0.1, 0.15) is 13.3 Å². The van der Waals surface area contributed by atoms with Crippen molar-refractivity contribution in [3.63, 3.8) is 0 Å². The van der Waals surface area contributed by atoms with E-state index in [-0.39, 0.29) is 5.91 Å². The van der Waals surface area contributed by atoms with E-state index in [4.69, 9.17) is 0 Å². The van der Waals surface area contributed by atoms with E-state index in [9.17, 15) is 4.79 Å². The molecule has 0 radical (unpaired) electrons. The Morgan fingerprint density at radius 1 is 1.70 bits per heavy atom. The van der Waals surface area contributed by atoms with E-state index < -0.39 is 0 Å². The average molecular weight is 140 g/mol. The molecule has 1 saturated heterocycles. The van der Waals surface area contributed by atoms with Crippen LogP contribution in [-0.4, -0.2) is 30.1 Å². The zero-order chi connectivity index (χ0) is 7.14. The van der Waals surface area contributed by atoms with E-state index in [2.05, 4.69) is 12.2 Å². The second-order valence-corrected chi connectivity index (χ2v) is 3.23. The number of carbonyl (C=O) groups excluding carboxylic acids is 1. The lowest BCUT2D eigenvalue weighted by Crippen LogP contribution is -2.29. The van der Waals surface area contributed by atoms with Crippen LogP contribution in [0.3, 0.4) is 0 Å². The van der Waals surface area contributed by atoms with Gasteiger partial charge in [0.15, 0.2) is 0 Å². The summed E-state index contributed by atoms with van der Waals surface area (Å²) in [5.41, 5.74) is 0. The molecule has 2 aliphatic rings. The Morgan fingerprint density at radius 2 is 2.40 bits per heavy atom. The monoisotopic (exact) mass is 140 g/mol. The molecule has 1 heterocycles. The van der Waals surface area contributed by atoms with Gasteiger partial charge >= 0.3 is 0 Å². The maximum absolute atomic E-state index is 11.1. The van der Waals surface area contributed by atoms with E-state index in [0.717, 1.165) is 12.6 Å². The van der Waals surface area contributed by atoms with Gasteiger partial charge in [-0.1, -0.05) is 6.92 Å². The fourth-order valence-electron chi connectivity index (χ4n) is 1.51. The molecule has 3 heteroatoms. The van der Waals surface area contributed by atoms with Gasteiger partial charge in [0, 0.05) is 6.04 Å². The zero-order valence-corrected chi connectivity index (χ0v) is 6.13. The molecular formula is C7H12N2O. The topological polar surface area (TPSA) is 32.3 Å². The SMILES string of the molecule is CC1CC1N1CNCC1=O. The van der Waals surface area contributed by atoms with Crippen molar-refractivity contribution in [2.75, 3.05) is 13.2 Å². The third kappa shape index (κ3) is 0.814. The number of carbonyl (C=O) groups is 1. The second kappa shape index (κ2) is 1.95. The fourth-order valence-corrected chi connectivity index (χ4v) is 1.51. The molecule has 1 saturated carbocycles. The molecule has 1 N–H and O–H groups in total. The molecule has 0 spiro atoms. The van der Waals surface area contributed by atoms with Crippen molar-refractivity contribution in [1.29, 1.82) is 0 Å². The highest BCUT2D eigenvalue weighted by molar-refractivity contribution is 5.80. The highest BCUT2D eigenvalue weighted by Crippen LogP contribution is 2.35. The predicted molar refractivity (Wildman–Crippen MR) is 37.3 cm³/mol. The normalized spacial score (nSPS) is 38.9. The van der Waals surface area contributed by atoms with Crippen molar-refractivity contribution < 1.29 is 4.79 Å². The molecule has 10 heavy (non-hydrogen) atoms. The van der Waals surface area contributed by atoms with Crippen LogP contribution in [0.15, 0.2) is 0 Å². The lowest BCUT2D eigenvalue weighted by molar-refractivity contribution is -0.127. The number of hydrogen-bond donors (Lipinski definition) is 1. The average Bonchev–Trinajstić information content (AvgIpc) is 2.42. The molecule has 0 bridgehead atoms. The lowest BCUT2D eigenvalue weighted by atomic mass is 10.4. The van der Waals surface area contributed by atoms with Crippen molar-refractivity contribution in [3.05, 3.63) is 0 Å². The van der Waals surface area contributed by atoms with Gasteiger partial charge in [-0.2, -0.15) is 0 Å². The summed E-state index contributed by atoms with van der Waals surface area (Å²) in [7, 11) is 0. The number of nitrogens with one attached hydrogen (secondary N) is 1. The van der Waals surface area contributed by atoms with E-state index in [0.29, 0.717) is 12.6 Å². The summed E-state index contributed by atoms with van der Waals surface area (Å²) in [5.74, 6) is 1.01. The summed E-state index contributed by atoms with van der Waals surface area (Å²) < 4.78 is 0. The Kier molecular flexibility index (Phi) is 1.20. The second-order valence-electron chi connectivity index (χ2n) is 3.23. The van der Waals surface area contributed by atoms with Crippen molar-refractivity contribution in [2.24, 2.45) is 5.92 Å². The van der Waals surface area contributed by atoms with Gasteiger partial charge in [0.05, 0.1) is 13.2 Å². The minimum atomic E-state index is 0.273. The smallest absolute Gasteiger partial charge is 0.237 e. The molecule has 1 aliphatic heterocycles. The number of amides is 1. The van der Waals surface area contributed by atoms with Crippen molar-refractivity contribution in [1.82, 2.24) is 10.2 Å². The number of rotatable bonds is 1. The Morgan fingerprint density at radius 3 is 2.80 bits per heavy atom. The minimum absolute atomic E-state index is 0.273. The molecule has 2 rings (SSSR count). The standard InChI is InChI=1S/C7H12N2O/c1-5-2-6(5)9-4-8-3-7(9)10/h5-6,8H,2-4H2,1H3. The summed E-state index contributed by atoms with van der Waals surface area (Å²) in [6.07, 6.45) is 1.20. The quantitative estimate of drug-likeness (QED) is 0.546. The van der Waals surface area contributed by atoms with Crippen LogP contribution in [-0.2, 0) is 4.79 Å². The summed E-state index contributed by atoms with van der Waals surface area (Å²) in [6, 6.07) is 0.558. The lowest BCUT2D eigenvalue weighted by Gasteiger charge is -2.12. The molecule has 2 unspecified atom stereocenters. The first kappa shape index (κ1) is 6.16. The summed E-state index contributed by atoms with van der Waals surface area (Å²) in [6.45, 7) is 3.51. The number of hydrogen-bond acceptors (Lipinski definition) is 2. The van der Waals surface area contributed by atoms with Crippen molar-refractivity contribution in [2.45, 2.75) is 19.4 Å². The Balaban J connectivity index is 1.98. The number of nitrogens with zero attached hydrogens (tertiary/aromatic N) is 1.